The van der Waals surface area contributed by atoms with E-state index in [0.717, 1.165) is 17.7 Å². The van der Waals surface area contributed by atoms with E-state index in [4.69, 9.17) is 10.5 Å². The second-order valence-electron chi connectivity index (χ2n) is 6.18. The van der Waals surface area contributed by atoms with E-state index < -0.39 is 29.5 Å². The van der Waals surface area contributed by atoms with Gasteiger partial charge in [-0.3, -0.25) is 0 Å². The minimum atomic E-state index is -0.726. The van der Waals surface area contributed by atoms with Gasteiger partial charge in [0, 0.05) is 18.0 Å². The molecule has 0 fully saturated rings. The smallest absolute Gasteiger partial charge is 0.130 e. The first-order chi connectivity index (χ1) is 11.3. The van der Waals surface area contributed by atoms with Gasteiger partial charge in [0.15, 0.2) is 0 Å². The molecule has 0 amide bonds. The highest BCUT2D eigenvalue weighted by Gasteiger charge is 2.28. The fraction of sp³-hybridized carbons (Fsp3) is 0.368. The van der Waals surface area contributed by atoms with Crippen molar-refractivity contribution < 1.29 is 17.9 Å². The molecule has 5 heteroatoms. The lowest BCUT2D eigenvalue weighted by molar-refractivity contribution is 0.0471. The van der Waals surface area contributed by atoms with Crippen molar-refractivity contribution in [2.24, 2.45) is 5.73 Å². The third-order valence-corrected chi connectivity index (χ3v) is 3.88. The molecule has 0 unspecified atom stereocenters. The molecule has 2 rings (SSSR count). The topological polar surface area (TPSA) is 35.2 Å². The summed E-state index contributed by atoms with van der Waals surface area (Å²) in [6.45, 7) is 5.55. The van der Waals surface area contributed by atoms with E-state index in [9.17, 15) is 13.2 Å². The van der Waals surface area contributed by atoms with E-state index in [1.165, 1.54) is 12.1 Å². The van der Waals surface area contributed by atoms with E-state index >= 15 is 0 Å². The molecule has 0 saturated heterocycles. The lowest BCUT2D eigenvalue weighted by Gasteiger charge is -2.27. The predicted octanol–water partition coefficient (Wildman–Crippen LogP) is 4.30. The fourth-order valence-electron chi connectivity index (χ4n) is 2.71. The number of rotatable bonds is 6. The summed E-state index contributed by atoms with van der Waals surface area (Å²) < 4.78 is 47.7. The first-order valence-electron chi connectivity index (χ1n) is 7.87. The largest absolute Gasteiger partial charge is 0.376 e. The molecular weight excluding hydrogens is 315 g/mol. The van der Waals surface area contributed by atoms with Crippen molar-refractivity contribution in [2.45, 2.75) is 38.8 Å². The van der Waals surface area contributed by atoms with Crippen LogP contribution in [0.5, 0.6) is 0 Å². The highest BCUT2D eigenvalue weighted by Crippen LogP contribution is 2.33. The number of halogens is 3. The molecule has 0 saturated carbocycles. The Labute approximate surface area is 140 Å². The number of nitrogens with two attached hydrogens (primary N) is 1. The Bertz CT molecular complexity index is 652. The maximum atomic E-state index is 14.5. The summed E-state index contributed by atoms with van der Waals surface area (Å²) in [5, 5.41) is 0. The lowest BCUT2D eigenvalue weighted by Crippen LogP contribution is -2.29. The van der Waals surface area contributed by atoms with Crippen LogP contribution in [0.4, 0.5) is 13.2 Å². The van der Waals surface area contributed by atoms with Crippen LogP contribution in [-0.4, -0.2) is 18.8 Å². The van der Waals surface area contributed by atoms with Gasteiger partial charge in [0.05, 0.1) is 12.7 Å². The van der Waals surface area contributed by atoms with Crippen LogP contribution in [0.15, 0.2) is 36.4 Å². The number of ether oxygens (including phenoxy) is 1. The van der Waals surface area contributed by atoms with E-state index in [1.807, 2.05) is 0 Å². The molecular formula is C19H22F3NO. The third kappa shape index (κ3) is 4.36. The number of hydrogen-bond acceptors (Lipinski definition) is 2. The standard InChI is InChI=1S/C19H22F3NO/c1-11-4-6-15(17(21)8-11)19(13(3)24-10-12(2)23)16-7-5-14(20)9-18(16)22/h4-9,12-13,19H,10,23H2,1-3H3/t12-,13-,19-/m0/s1. The fourth-order valence-corrected chi connectivity index (χ4v) is 2.71. The van der Waals surface area contributed by atoms with Crippen LogP contribution >= 0.6 is 0 Å². The zero-order valence-electron chi connectivity index (χ0n) is 14.0. The zero-order valence-corrected chi connectivity index (χ0v) is 14.0. The van der Waals surface area contributed by atoms with Gasteiger partial charge in [0.1, 0.15) is 17.5 Å². The molecule has 24 heavy (non-hydrogen) atoms. The van der Waals surface area contributed by atoms with Gasteiger partial charge in [0.25, 0.3) is 0 Å². The minimum Gasteiger partial charge on any atom is -0.376 e. The van der Waals surface area contributed by atoms with Crippen molar-refractivity contribution >= 4 is 0 Å². The van der Waals surface area contributed by atoms with Crippen LogP contribution in [0.25, 0.3) is 0 Å². The molecule has 0 aromatic heterocycles. The van der Waals surface area contributed by atoms with Crippen molar-refractivity contribution in [3.05, 3.63) is 70.5 Å². The van der Waals surface area contributed by atoms with Crippen molar-refractivity contribution in [1.82, 2.24) is 0 Å². The molecule has 0 aliphatic heterocycles. The Kier molecular flexibility index (Phi) is 6.02. The third-order valence-electron chi connectivity index (χ3n) is 3.88. The van der Waals surface area contributed by atoms with E-state index in [1.54, 1.807) is 32.9 Å². The summed E-state index contributed by atoms with van der Waals surface area (Å²) in [5.74, 6) is -2.55. The molecule has 3 atom stereocenters. The number of hydrogen-bond donors (Lipinski definition) is 1. The predicted molar refractivity (Wildman–Crippen MR) is 88.4 cm³/mol. The van der Waals surface area contributed by atoms with Crippen molar-refractivity contribution in [3.63, 3.8) is 0 Å². The average Bonchev–Trinajstić information content (AvgIpc) is 2.49. The Morgan fingerprint density at radius 3 is 2.08 bits per heavy atom. The van der Waals surface area contributed by atoms with Crippen molar-refractivity contribution in [3.8, 4) is 0 Å². The Morgan fingerprint density at radius 2 is 1.54 bits per heavy atom. The monoisotopic (exact) mass is 337 g/mol. The van der Waals surface area contributed by atoms with Gasteiger partial charge in [-0.25, -0.2) is 13.2 Å². The van der Waals surface area contributed by atoms with Crippen LogP contribution in [0.2, 0.25) is 0 Å². The maximum Gasteiger partial charge on any atom is 0.130 e. The van der Waals surface area contributed by atoms with Gasteiger partial charge in [0.2, 0.25) is 0 Å². The Morgan fingerprint density at radius 1 is 0.958 bits per heavy atom. The molecule has 2 N–H and O–H groups in total. The number of benzene rings is 2. The summed E-state index contributed by atoms with van der Waals surface area (Å²) in [7, 11) is 0. The molecule has 2 aromatic rings. The lowest BCUT2D eigenvalue weighted by atomic mass is 9.86. The average molecular weight is 337 g/mol. The zero-order chi connectivity index (χ0) is 17.9. The first-order valence-corrected chi connectivity index (χ1v) is 7.87. The highest BCUT2D eigenvalue weighted by atomic mass is 19.1. The summed E-state index contributed by atoms with van der Waals surface area (Å²) in [6.07, 6.45) is -0.534. The molecule has 0 bridgehead atoms. The van der Waals surface area contributed by atoms with Gasteiger partial charge in [-0.1, -0.05) is 18.2 Å². The van der Waals surface area contributed by atoms with E-state index in [2.05, 4.69) is 0 Å². The van der Waals surface area contributed by atoms with Gasteiger partial charge < -0.3 is 10.5 Å². The molecule has 2 nitrogen and oxygen atoms in total. The maximum absolute atomic E-state index is 14.5. The van der Waals surface area contributed by atoms with Crippen LogP contribution in [0.1, 0.15) is 36.5 Å². The summed E-state index contributed by atoms with van der Waals surface area (Å²) in [4.78, 5) is 0. The van der Waals surface area contributed by atoms with Crippen LogP contribution < -0.4 is 5.73 Å². The second-order valence-corrected chi connectivity index (χ2v) is 6.18. The van der Waals surface area contributed by atoms with Crippen LogP contribution in [0.3, 0.4) is 0 Å². The summed E-state index contributed by atoms with van der Waals surface area (Å²) >= 11 is 0. The van der Waals surface area contributed by atoms with Gasteiger partial charge in [-0.15, -0.1) is 0 Å². The number of aryl methyl sites for hydroxylation is 1. The SMILES string of the molecule is Cc1ccc([C@@H](c2ccc(F)cc2F)[C@H](C)OC[C@H](C)N)c(F)c1. The molecule has 130 valence electrons. The van der Waals surface area contributed by atoms with Gasteiger partial charge >= 0.3 is 0 Å². The molecule has 0 heterocycles. The molecule has 2 aromatic carbocycles. The molecule has 0 aliphatic carbocycles. The first kappa shape index (κ1) is 18.5. The minimum absolute atomic E-state index is 0.191. The second kappa shape index (κ2) is 7.81. The van der Waals surface area contributed by atoms with Crippen molar-refractivity contribution in [1.29, 1.82) is 0 Å². The van der Waals surface area contributed by atoms with Gasteiger partial charge in [-0.2, -0.15) is 0 Å². The van der Waals surface area contributed by atoms with E-state index in [0.29, 0.717) is 5.56 Å². The van der Waals surface area contributed by atoms with Crippen LogP contribution in [0, 0.1) is 24.4 Å². The van der Waals surface area contributed by atoms with Crippen molar-refractivity contribution in [2.75, 3.05) is 6.61 Å². The highest BCUT2D eigenvalue weighted by molar-refractivity contribution is 5.37. The van der Waals surface area contributed by atoms with Gasteiger partial charge in [-0.05, 0) is 49.6 Å². The molecule has 0 aliphatic rings. The summed E-state index contributed by atoms with van der Waals surface area (Å²) in [6, 6.07) is 7.86. The Hall–Kier alpha value is -1.85. The van der Waals surface area contributed by atoms with E-state index in [-0.39, 0.29) is 18.2 Å². The molecule has 0 radical (unpaired) electrons. The quantitative estimate of drug-likeness (QED) is 0.853. The summed E-state index contributed by atoms with van der Waals surface area (Å²) in [5.41, 5.74) is 6.96. The Balaban J connectivity index is 2.48. The normalized spacial score (nSPS) is 15.1. The molecule has 0 spiro atoms. The van der Waals surface area contributed by atoms with Crippen LogP contribution in [-0.2, 0) is 4.74 Å².